The quantitative estimate of drug-likeness (QED) is 0.376. The Morgan fingerprint density at radius 3 is 1.45 bits per heavy atom. The van der Waals surface area contributed by atoms with Crippen molar-refractivity contribution in [3.63, 3.8) is 0 Å². The minimum Gasteiger partial charge on any atom is -0.488 e. The van der Waals surface area contributed by atoms with Gasteiger partial charge in [-0.1, -0.05) is 49.2 Å². The van der Waals surface area contributed by atoms with Crippen molar-refractivity contribution >= 4 is 35.1 Å². The fourth-order valence-electron chi connectivity index (χ4n) is 3.23. The van der Waals surface area contributed by atoms with Crippen LogP contribution in [0.25, 0.3) is 0 Å². The molecule has 0 amide bonds. The Morgan fingerprint density at radius 2 is 1.15 bits per heavy atom. The highest BCUT2D eigenvalue weighted by Crippen LogP contribution is 2.38. The number of ether oxygens (including phenoxy) is 4. The van der Waals surface area contributed by atoms with Gasteiger partial charge in [-0.25, -0.2) is 0 Å². The first-order valence-electron chi connectivity index (χ1n) is 10.6. The molecule has 0 saturated heterocycles. The molecule has 2 rings (SSSR count). The number of hydrogen-bond donors (Lipinski definition) is 0. The maximum Gasteiger partial charge on any atom is 0.303 e. The maximum absolute atomic E-state index is 11.0. The zero-order valence-electron chi connectivity index (χ0n) is 19.7. The van der Waals surface area contributed by atoms with Crippen LogP contribution in [0.15, 0.2) is 36.4 Å². The van der Waals surface area contributed by atoms with Crippen LogP contribution in [-0.2, 0) is 24.5 Å². The Hall–Kier alpha value is -2.44. The second-order valence-corrected chi connectivity index (χ2v) is 9.19. The summed E-state index contributed by atoms with van der Waals surface area (Å²) in [7, 11) is 0. The molecule has 0 spiro atoms. The molecule has 0 aromatic heterocycles. The lowest BCUT2D eigenvalue weighted by Gasteiger charge is -2.27. The van der Waals surface area contributed by atoms with Gasteiger partial charge in [0.15, 0.2) is 0 Å². The number of carbonyl (C=O) groups excluding carboxylic acids is 2. The van der Waals surface area contributed by atoms with E-state index in [4.69, 9.17) is 42.1 Å². The van der Waals surface area contributed by atoms with Crippen molar-refractivity contribution in [1.29, 1.82) is 0 Å². The summed E-state index contributed by atoms with van der Waals surface area (Å²) in [5.74, 6) is 0.310. The third-order valence-corrected chi connectivity index (χ3v) is 5.58. The molecule has 33 heavy (non-hydrogen) atoms. The molecule has 2 aromatic rings. The molecule has 0 saturated carbocycles. The van der Waals surface area contributed by atoms with Crippen LogP contribution in [-0.4, -0.2) is 37.4 Å². The monoisotopic (exact) mass is 496 g/mol. The lowest BCUT2D eigenvalue weighted by atomic mass is 9.78. The molecule has 180 valence electrons. The predicted molar refractivity (Wildman–Crippen MR) is 128 cm³/mol. The highest BCUT2D eigenvalue weighted by atomic mass is 35.5. The number of halogens is 2. The third kappa shape index (κ3) is 7.83. The minimum atomic E-state index is -0.402. The van der Waals surface area contributed by atoms with E-state index in [-0.39, 0.29) is 37.4 Å². The van der Waals surface area contributed by atoms with E-state index in [2.05, 4.69) is 13.8 Å². The van der Waals surface area contributed by atoms with Crippen molar-refractivity contribution in [3.05, 3.63) is 57.6 Å². The van der Waals surface area contributed by atoms with Gasteiger partial charge in [-0.15, -0.1) is 0 Å². The lowest BCUT2D eigenvalue weighted by molar-refractivity contribution is -0.147. The molecule has 0 aliphatic rings. The van der Waals surface area contributed by atoms with E-state index >= 15 is 0 Å². The highest BCUT2D eigenvalue weighted by Gasteiger charge is 2.25. The van der Waals surface area contributed by atoms with E-state index in [0.717, 1.165) is 11.1 Å². The first-order chi connectivity index (χ1) is 15.4. The van der Waals surface area contributed by atoms with E-state index in [9.17, 15) is 9.59 Å². The molecule has 0 radical (unpaired) electrons. The summed E-state index contributed by atoms with van der Waals surface area (Å²) in [5, 5.41) is 0.919. The van der Waals surface area contributed by atoms with Crippen molar-refractivity contribution in [2.75, 3.05) is 13.2 Å². The number of rotatable bonds is 10. The topological polar surface area (TPSA) is 71.1 Å². The summed E-state index contributed by atoms with van der Waals surface area (Å²) in [6, 6.07) is 11.2. The van der Waals surface area contributed by atoms with Crippen molar-refractivity contribution in [2.45, 2.75) is 59.2 Å². The molecular formula is C25H30Cl2O6. The average molecular weight is 497 g/mol. The smallest absolute Gasteiger partial charge is 0.303 e. The molecule has 0 unspecified atom stereocenters. The van der Waals surface area contributed by atoms with Gasteiger partial charge in [-0.3, -0.25) is 9.59 Å². The Labute approximate surface area is 205 Å². The molecule has 0 bridgehead atoms. The Balaban J connectivity index is 2.12. The molecule has 0 fully saturated rings. The fraction of sp³-hybridized carbons (Fsp3) is 0.440. The average Bonchev–Trinajstić information content (AvgIpc) is 2.70. The van der Waals surface area contributed by atoms with Crippen LogP contribution in [0, 0.1) is 0 Å². The minimum absolute atomic E-state index is 0.204. The van der Waals surface area contributed by atoms with Crippen LogP contribution in [0.5, 0.6) is 11.5 Å². The molecule has 8 heteroatoms. The Bertz CT molecular complexity index is 911. The summed E-state index contributed by atoms with van der Waals surface area (Å²) in [5.41, 5.74) is 1.54. The summed E-state index contributed by atoms with van der Waals surface area (Å²) < 4.78 is 21.5. The molecule has 0 N–H and O–H groups in total. The zero-order chi connectivity index (χ0) is 24.8. The van der Waals surface area contributed by atoms with Crippen LogP contribution < -0.4 is 9.47 Å². The van der Waals surface area contributed by atoms with Crippen LogP contribution in [0.4, 0.5) is 0 Å². The van der Waals surface area contributed by atoms with Crippen molar-refractivity contribution in [1.82, 2.24) is 0 Å². The second-order valence-electron chi connectivity index (χ2n) is 8.38. The highest BCUT2D eigenvalue weighted by molar-refractivity contribution is 6.32. The molecular weight excluding hydrogens is 467 g/mol. The second kappa shape index (κ2) is 11.6. The van der Waals surface area contributed by atoms with Crippen molar-refractivity contribution in [2.24, 2.45) is 0 Å². The predicted octanol–water partition coefficient (Wildman–Crippen LogP) is 5.98. The Kier molecular flexibility index (Phi) is 9.44. The summed E-state index contributed by atoms with van der Waals surface area (Å²) in [6.45, 7) is 10.8. The van der Waals surface area contributed by atoms with Gasteiger partial charge in [-0.05, 0) is 49.2 Å². The lowest BCUT2D eigenvalue weighted by Crippen LogP contribution is -2.21. The van der Waals surface area contributed by atoms with E-state index in [1.165, 1.54) is 13.8 Å². The number of benzene rings is 2. The summed E-state index contributed by atoms with van der Waals surface area (Å²) in [6.07, 6.45) is -0.760. The molecule has 0 aliphatic heterocycles. The van der Waals surface area contributed by atoms with E-state index in [1.807, 2.05) is 24.3 Å². The van der Waals surface area contributed by atoms with Crippen LogP contribution in [0.1, 0.15) is 52.7 Å². The number of carbonyl (C=O) groups is 2. The third-order valence-electron chi connectivity index (χ3n) is 4.99. The van der Waals surface area contributed by atoms with Gasteiger partial charge < -0.3 is 18.9 Å². The van der Waals surface area contributed by atoms with Gasteiger partial charge in [-0.2, -0.15) is 0 Å². The van der Waals surface area contributed by atoms with Gasteiger partial charge in [0.25, 0.3) is 0 Å². The summed E-state index contributed by atoms with van der Waals surface area (Å²) >= 11 is 12.9. The van der Waals surface area contributed by atoms with Gasteiger partial charge >= 0.3 is 11.9 Å². The molecule has 2 aromatic carbocycles. The van der Waals surface area contributed by atoms with Crippen molar-refractivity contribution < 1.29 is 28.5 Å². The van der Waals surface area contributed by atoms with E-state index in [1.54, 1.807) is 26.0 Å². The molecule has 0 heterocycles. The van der Waals surface area contributed by atoms with E-state index in [0.29, 0.717) is 21.5 Å². The first-order valence-corrected chi connectivity index (χ1v) is 11.4. The van der Waals surface area contributed by atoms with Crippen LogP contribution in [0.2, 0.25) is 10.0 Å². The number of hydrogen-bond acceptors (Lipinski definition) is 6. The number of esters is 2. The Morgan fingerprint density at radius 1 is 0.788 bits per heavy atom. The SMILES string of the molecule is CC(=O)O[C@H](C)COc1ccc(C(C)(C)c2ccc(OC[C@H](C)OC(C)=O)c(Cl)c2)cc1Cl. The van der Waals surface area contributed by atoms with Crippen molar-refractivity contribution in [3.8, 4) is 11.5 Å². The fourth-order valence-corrected chi connectivity index (χ4v) is 3.70. The molecule has 2 atom stereocenters. The largest absolute Gasteiger partial charge is 0.488 e. The van der Waals surface area contributed by atoms with Gasteiger partial charge in [0.1, 0.15) is 36.9 Å². The van der Waals surface area contributed by atoms with Gasteiger partial charge in [0, 0.05) is 19.3 Å². The summed E-state index contributed by atoms with van der Waals surface area (Å²) in [4.78, 5) is 22.1. The maximum atomic E-state index is 11.0. The van der Waals surface area contributed by atoms with Gasteiger partial charge in [0.2, 0.25) is 0 Å². The zero-order valence-corrected chi connectivity index (χ0v) is 21.3. The molecule has 6 nitrogen and oxygen atoms in total. The van der Waals surface area contributed by atoms with Crippen LogP contribution in [0.3, 0.4) is 0 Å². The normalized spacial score (nSPS) is 13.1. The molecule has 0 aliphatic carbocycles. The van der Waals surface area contributed by atoms with E-state index < -0.39 is 5.41 Å². The van der Waals surface area contributed by atoms with Gasteiger partial charge in [0.05, 0.1) is 10.0 Å². The van der Waals surface area contributed by atoms with Crippen LogP contribution >= 0.6 is 23.2 Å². The first kappa shape index (κ1) is 26.8. The standard InChI is InChI=1S/C25H30Cl2O6/c1-15(32-17(3)28)13-30-23-9-7-19(11-21(23)26)25(5,6)20-8-10-24(22(27)12-20)31-14-16(2)33-18(4)29/h7-12,15-16H,13-14H2,1-6H3/t15-,16+.